The van der Waals surface area contributed by atoms with Crippen molar-refractivity contribution in [3.63, 3.8) is 0 Å². The van der Waals surface area contributed by atoms with Gasteiger partial charge < -0.3 is 4.74 Å². The first-order valence-electron chi connectivity index (χ1n) is 13.4. The number of nitrogens with zero attached hydrogens (tertiary/aromatic N) is 2. The molecule has 182 valence electrons. The summed E-state index contributed by atoms with van der Waals surface area (Å²) in [5, 5.41) is 0. The number of benzene rings is 2. The van der Waals surface area contributed by atoms with Crippen molar-refractivity contribution in [3.05, 3.63) is 78.4 Å². The van der Waals surface area contributed by atoms with Gasteiger partial charge in [-0.25, -0.2) is 9.97 Å². The topological polar surface area (TPSA) is 35.0 Å². The molecule has 0 fully saturated rings. The number of aromatic nitrogens is 2. The summed E-state index contributed by atoms with van der Waals surface area (Å²) in [7, 11) is 0. The quantitative estimate of drug-likeness (QED) is 0.190. The van der Waals surface area contributed by atoms with Crippen molar-refractivity contribution in [2.24, 2.45) is 0 Å². The Balaban J connectivity index is 1.29. The number of hydrogen-bond donors (Lipinski definition) is 0. The molecular formula is C31H42N2O. The lowest BCUT2D eigenvalue weighted by Crippen LogP contribution is -1.98. The minimum absolute atomic E-state index is 0.769. The molecule has 1 aromatic heterocycles. The van der Waals surface area contributed by atoms with Gasteiger partial charge in [0.1, 0.15) is 11.6 Å². The van der Waals surface area contributed by atoms with Gasteiger partial charge in [-0.3, -0.25) is 0 Å². The second-order valence-electron chi connectivity index (χ2n) is 9.28. The molecule has 0 aliphatic carbocycles. The molecule has 0 saturated heterocycles. The Labute approximate surface area is 207 Å². The first kappa shape index (κ1) is 25.9. The average molecular weight is 459 g/mol. The standard InChI is InChI=1S/C31H42N2O/c1-2-3-4-5-6-7-8-14-19-31-32-25-29(26-33-31)28-20-22-30(23-21-28)34-24-15-10-13-18-27-16-11-9-12-17-27/h9,11-12,16-17,20-23,25-26H,2-8,10,13-15,18-19,24H2,1H3. The second kappa shape index (κ2) is 16.0. The monoisotopic (exact) mass is 458 g/mol. The van der Waals surface area contributed by atoms with Crippen LogP contribution in [0.1, 0.15) is 88.9 Å². The predicted molar refractivity (Wildman–Crippen MR) is 143 cm³/mol. The predicted octanol–water partition coefficient (Wildman–Crippen LogP) is 8.62. The highest BCUT2D eigenvalue weighted by Crippen LogP contribution is 2.22. The molecular weight excluding hydrogens is 416 g/mol. The summed E-state index contributed by atoms with van der Waals surface area (Å²) in [6.07, 6.45) is 20.2. The maximum atomic E-state index is 5.93. The molecule has 0 amide bonds. The van der Waals surface area contributed by atoms with Crippen LogP contribution in [0.3, 0.4) is 0 Å². The lowest BCUT2D eigenvalue weighted by atomic mass is 10.1. The number of unbranched alkanes of at least 4 members (excludes halogenated alkanes) is 9. The van der Waals surface area contributed by atoms with E-state index in [1.165, 1.54) is 69.8 Å². The number of rotatable bonds is 17. The zero-order valence-corrected chi connectivity index (χ0v) is 21.1. The molecule has 0 saturated carbocycles. The second-order valence-corrected chi connectivity index (χ2v) is 9.28. The van der Waals surface area contributed by atoms with Gasteiger partial charge in [-0.2, -0.15) is 0 Å². The van der Waals surface area contributed by atoms with E-state index in [9.17, 15) is 0 Å². The van der Waals surface area contributed by atoms with Crippen LogP contribution in [0.4, 0.5) is 0 Å². The van der Waals surface area contributed by atoms with Gasteiger partial charge >= 0.3 is 0 Å². The first-order valence-corrected chi connectivity index (χ1v) is 13.4. The molecule has 3 rings (SSSR count). The fourth-order valence-corrected chi connectivity index (χ4v) is 4.24. The Morgan fingerprint density at radius 3 is 1.91 bits per heavy atom. The number of hydrogen-bond acceptors (Lipinski definition) is 3. The van der Waals surface area contributed by atoms with Gasteiger partial charge in [0, 0.05) is 24.4 Å². The third-order valence-electron chi connectivity index (χ3n) is 6.37. The van der Waals surface area contributed by atoms with Gasteiger partial charge in [-0.05, 0) is 55.4 Å². The maximum Gasteiger partial charge on any atom is 0.128 e. The zero-order chi connectivity index (χ0) is 23.7. The molecule has 0 aliphatic rings. The van der Waals surface area contributed by atoms with Crippen molar-refractivity contribution in [2.45, 2.75) is 90.4 Å². The van der Waals surface area contributed by atoms with Gasteiger partial charge in [0.25, 0.3) is 0 Å². The summed E-state index contributed by atoms with van der Waals surface area (Å²) in [5.74, 6) is 1.89. The van der Waals surface area contributed by atoms with E-state index in [0.717, 1.165) is 48.6 Å². The maximum absolute atomic E-state index is 5.93. The van der Waals surface area contributed by atoms with Crippen LogP contribution in [0.15, 0.2) is 67.0 Å². The number of aryl methyl sites for hydroxylation is 2. The lowest BCUT2D eigenvalue weighted by molar-refractivity contribution is 0.305. The molecule has 3 nitrogen and oxygen atoms in total. The Morgan fingerprint density at radius 1 is 0.588 bits per heavy atom. The minimum Gasteiger partial charge on any atom is -0.494 e. The minimum atomic E-state index is 0.769. The Hall–Kier alpha value is -2.68. The van der Waals surface area contributed by atoms with Crippen LogP contribution in [-0.4, -0.2) is 16.6 Å². The summed E-state index contributed by atoms with van der Waals surface area (Å²) in [6, 6.07) is 19.0. The van der Waals surface area contributed by atoms with Crippen LogP contribution in [0, 0.1) is 0 Å². The van der Waals surface area contributed by atoms with E-state index in [4.69, 9.17) is 4.74 Å². The van der Waals surface area contributed by atoms with Crippen LogP contribution < -0.4 is 4.74 Å². The van der Waals surface area contributed by atoms with Crippen LogP contribution in [0.2, 0.25) is 0 Å². The smallest absolute Gasteiger partial charge is 0.128 e. The molecule has 0 atom stereocenters. The summed E-state index contributed by atoms with van der Waals surface area (Å²) in [5.41, 5.74) is 3.62. The zero-order valence-electron chi connectivity index (χ0n) is 21.1. The van der Waals surface area contributed by atoms with E-state index in [1.54, 1.807) is 0 Å². The van der Waals surface area contributed by atoms with Crippen LogP contribution in [0.25, 0.3) is 11.1 Å². The van der Waals surface area contributed by atoms with Crippen molar-refractivity contribution < 1.29 is 4.74 Å². The first-order chi connectivity index (χ1) is 16.8. The molecule has 34 heavy (non-hydrogen) atoms. The highest BCUT2D eigenvalue weighted by molar-refractivity contribution is 5.62. The Morgan fingerprint density at radius 2 is 1.21 bits per heavy atom. The van der Waals surface area contributed by atoms with Gasteiger partial charge in [0.05, 0.1) is 6.61 Å². The van der Waals surface area contributed by atoms with Gasteiger partial charge in [-0.1, -0.05) is 94.3 Å². The average Bonchev–Trinajstić information content (AvgIpc) is 2.89. The summed E-state index contributed by atoms with van der Waals surface area (Å²) in [4.78, 5) is 9.19. The Kier molecular flexibility index (Phi) is 12.2. The van der Waals surface area contributed by atoms with Crippen molar-refractivity contribution in [2.75, 3.05) is 6.61 Å². The molecule has 0 radical (unpaired) electrons. The molecule has 2 aromatic carbocycles. The van der Waals surface area contributed by atoms with Gasteiger partial charge in [0.15, 0.2) is 0 Å². The largest absolute Gasteiger partial charge is 0.494 e. The Bertz CT molecular complexity index is 891. The normalized spacial score (nSPS) is 11.0. The molecule has 3 aromatic rings. The van der Waals surface area contributed by atoms with Gasteiger partial charge in [-0.15, -0.1) is 0 Å². The third kappa shape index (κ3) is 10.1. The highest BCUT2D eigenvalue weighted by Gasteiger charge is 2.03. The van der Waals surface area contributed by atoms with E-state index in [1.807, 2.05) is 24.5 Å². The summed E-state index contributed by atoms with van der Waals surface area (Å²) in [6.45, 7) is 3.04. The molecule has 0 N–H and O–H groups in total. The molecule has 0 bridgehead atoms. The third-order valence-corrected chi connectivity index (χ3v) is 6.37. The highest BCUT2D eigenvalue weighted by atomic mass is 16.5. The molecule has 0 unspecified atom stereocenters. The summed E-state index contributed by atoms with van der Waals surface area (Å²) < 4.78 is 5.93. The molecule has 3 heteroatoms. The fraction of sp³-hybridized carbons (Fsp3) is 0.484. The SMILES string of the molecule is CCCCCCCCCCc1ncc(-c2ccc(OCCCCCc3ccccc3)cc2)cn1. The van der Waals surface area contributed by atoms with E-state index < -0.39 is 0 Å². The van der Waals surface area contributed by atoms with Crippen molar-refractivity contribution >= 4 is 0 Å². The van der Waals surface area contributed by atoms with Crippen LogP contribution >= 0.6 is 0 Å². The molecule has 0 spiro atoms. The molecule has 1 heterocycles. The van der Waals surface area contributed by atoms with Gasteiger partial charge in [0.2, 0.25) is 0 Å². The van der Waals surface area contributed by atoms with Crippen molar-refractivity contribution in [3.8, 4) is 16.9 Å². The van der Waals surface area contributed by atoms with Crippen LogP contribution in [-0.2, 0) is 12.8 Å². The van der Waals surface area contributed by atoms with Crippen molar-refractivity contribution in [1.82, 2.24) is 9.97 Å². The van der Waals surface area contributed by atoms with E-state index in [-0.39, 0.29) is 0 Å². The van der Waals surface area contributed by atoms with Crippen LogP contribution in [0.5, 0.6) is 5.75 Å². The van der Waals surface area contributed by atoms with E-state index in [2.05, 4.69) is 59.4 Å². The molecule has 0 aliphatic heterocycles. The van der Waals surface area contributed by atoms with Crippen molar-refractivity contribution in [1.29, 1.82) is 0 Å². The summed E-state index contributed by atoms with van der Waals surface area (Å²) >= 11 is 0. The van der Waals surface area contributed by atoms with E-state index >= 15 is 0 Å². The van der Waals surface area contributed by atoms with E-state index in [0.29, 0.717) is 0 Å². The number of ether oxygens (including phenoxy) is 1. The lowest BCUT2D eigenvalue weighted by Gasteiger charge is -2.08. The fourth-order valence-electron chi connectivity index (χ4n) is 4.24.